The summed E-state index contributed by atoms with van der Waals surface area (Å²) in [5, 5.41) is 5.79. The summed E-state index contributed by atoms with van der Waals surface area (Å²) >= 11 is 0. The second-order valence-electron chi connectivity index (χ2n) is 7.28. The first-order chi connectivity index (χ1) is 12.0. The van der Waals surface area contributed by atoms with Crippen molar-refractivity contribution in [2.24, 2.45) is 5.92 Å². The van der Waals surface area contributed by atoms with E-state index in [0.717, 1.165) is 25.9 Å². The van der Waals surface area contributed by atoms with Crippen LogP contribution in [0.5, 0.6) is 0 Å². The van der Waals surface area contributed by atoms with Crippen LogP contribution >= 0.6 is 0 Å². The van der Waals surface area contributed by atoms with Crippen molar-refractivity contribution in [2.45, 2.75) is 31.7 Å². The van der Waals surface area contributed by atoms with E-state index in [9.17, 15) is 9.59 Å². The second-order valence-corrected chi connectivity index (χ2v) is 7.28. The highest BCUT2D eigenvalue weighted by Gasteiger charge is 2.32. The number of anilines is 1. The van der Waals surface area contributed by atoms with Crippen molar-refractivity contribution in [2.75, 3.05) is 39.0 Å². The van der Waals surface area contributed by atoms with Crippen molar-refractivity contribution < 1.29 is 9.59 Å². The Labute approximate surface area is 149 Å². The van der Waals surface area contributed by atoms with E-state index in [1.165, 1.54) is 12.8 Å². The van der Waals surface area contributed by atoms with E-state index in [2.05, 4.69) is 29.6 Å². The summed E-state index contributed by atoms with van der Waals surface area (Å²) in [7, 11) is 4.11. The molecular formula is C19H28N4O2. The van der Waals surface area contributed by atoms with Gasteiger partial charge in [0.2, 0.25) is 0 Å². The molecule has 2 N–H and O–H groups in total. The molecule has 3 amide bonds. The van der Waals surface area contributed by atoms with Gasteiger partial charge in [-0.25, -0.2) is 4.79 Å². The van der Waals surface area contributed by atoms with Crippen molar-refractivity contribution in [3.05, 3.63) is 29.8 Å². The number of nitrogens with one attached hydrogen (secondary N) is 2. The van der Waals surface area contributed by atoms with Gasteiger partial charge in [0.05, 0.1) is 0 Å². The smallest absolute Gasteiger partial charge is 0.319 e. The minimum Gasteiger partial charge on any atom is -0.339 e. The normalized spacial score (nSPS) is 18.3. The molecule has 2 aliphatic rings. The number of likely N-dealkylation sites (tertiary alicyclic amines) is 1. The number of amides is 3. The molecule has 1 saturated carbocycles. The number of urea groups is 1. The van der Waals surface area contributed by atoms with Gasteiger partial charge in [-0.2, -0.15) is 0 Å². The van der Waals surface area contributed by atoms with Crippen LogP contribution in [-0.2, 0) is 0 Å². The molecule has 6 nitrogen and oxygen atoms in total. The lowest BCUT2D eigenvalue weighted by molar-refractivity contribution is 0.0793. The molecule has 0 spiro atoms. The van der Waals surface area contributed by atoms with E-state index in [4.69, 9.17) is 0 Å². The SMILES string of the molecule is CN(C)C(CNC(=O)Nc1ccc(C(=O)N2CCCC2)cc1)C1CC1. The number of carbonyl (C=O) groups is 2. The highest BCUT2D eigenvalue weighted by atomic mass is 16.2. The average molecular weight is 344 g/mol. The van der Waals surface area contributed by atoms with E-state index >= 15 is 0 Å². The zero-order valence-corrected chi connectivity index (χ0v) is 15.1. The highest BCUT2D eigenvalue weighted by Crippen LogP contribution is 2.34. The summed E-state index contributed by atoms with van der Waals surface area (Å²) in [6.07, 6.45) is 4.66. The summed E-state index contributed by atoms with van der Waals surface area (Å²) in [5.74, 6) is 0.776. The van der Waals surface area contributed by atoms with E-state index < -0.39 is 0 Å². The molecule has 1 heterocycles. The van der Waals surface area contributed by atoms with Crippen LogP contribution < -0.4 is 10.6 Å². The van der Waals surface area contributed by atoms with Crippen molar-refractivity contribution in [1.29, 1.82) is 0 Å². The predicted octanol–water partition coefficient (Wildman–Crippen LogP) is 2.38. The van der Waals surface area contributed by atoms with Gasteiger partial charge in [-0.3, -0.25) is 4.79 Å². The number of carbonyl (C=O) groups excluding carboxylic acids is 2. The molecule has 1 atom stereocenters. The molecule has 136 valence electrons. The fraction of sp³-hybridized carbons (Fsp3) is 0.579. The van der Waals surface area contributed by atoms with E-state index in [1.807, 2.05) is 4.90 Å². The van der Waals surface area contributed by atoms with Gasteiger partial charge in [0.25, 0.3) is 5.91 Å². The zero-order valence-electron chi connectivity index (χ0n) is 15.1. The molecule has 25 heavy (non-hydrogen) atoms. The van der Waals surface area contributed by atoms with Crippen LogP contribution in [0.15, 0.2) is 24.3 Å². The summed E-state index contributed by atoms with van der Waals surface area (Å²) in [5.41, 5.74) is 1.37. The molecule has 0 bridgehead atoms. The lowest BCUT2D eigenvalue weighted by Gasteiger charge is -2.24. The first kappa shape index (κ1) is 17.7. The number of benzene rings is 1. The molecule has 1 saturated heterocycles. The van der Waals surface area contributed by atoms with Gasteiger partial charge in [0.1, 0.15) is 0 Å². The Morgan fingerprint density at radius 2 is 1.80 bits per heavy atom. The number of likely N-dealkylation sites (N-methyl/N-ethyl adjacent to an activating group) is 1. The number of rotatable bonds is 6. The molecule has 2 fully saturated rings. The number of hydrogen-bond donors (Lipinski definition) is 2. The molecular weight excluding hydrogens is 316 g/mol. The molecule has 0 aromatic heterocycles. The Morgan fingerprint density at radius 3 is 2.36 bits per heavy atom. The monoisotopic (exact) mass is 344 g/mol. The molecule has 1 aliphatic carbocycles. The molecule has 1 aromatic rings. The van der Waals surface area contributed by atoms with Gasteiger partial charge in [0.15, 0.2) is 0 Å². The number of nitrogens with zero attached hydrogens (tertiary/aromatic N) is 2. The Hall–Kier alpha value is -2.08. The van der Waals surface area contributed by atoms with Crippen molar-refractivity contribution >= 4 is 17.6 Å². The fourth-order valence-corrected chi connectivity index (χ4v) is 3.42. The van der Waals surface area contributed by atoms with Gasteiger partial charge >= 0.3 is 6.03 Å². The summed E-state index contributed by atoms with van der Waals surface area (Å²) in [6, 6.07) is 7.32. The molecule has 1 unspecified atom stereocenters. The first-order valence-electron chi connectivity index (χ1n) is 9.15. The van der Waals surface area contributed by atoms with E-state index in [1.54, 1.807) is 24.3 Å². The van der Waals surface area contributed by atoms with Gasteiger partial charge in [-0.15, -0.1) is 0 Å². The second kappa shape index (κ2) is 7.87. The van der Waals surface area contributed by atoms with Crippen molar-refractivity contribution in [3.63, 3.8) is 0 Å². The maximum atomic E-state index is 12.3. The average Bonchev–Trinajstić information content (AvgIpc) is 3.27. The molecule has 1 aliphatic heterocycles. The summed E-state index contributed by atoms with van der Waals surface area (Å²) in [4.78, 5) is 28.5. The highest BCUT2D eigenvalue weighted by molar-refractivity contribution is 5.95. The zero-order chi connectivity index (χ0) is 17.8. The number of hydrogen-bond acceptors (Lipinski definition) is 3. The standard InChI is InChI=1S/C19H28N4O2/c1-22(2)17(14-5-6-14)13-20-19(25)21-16-9-7-15(8-10-16)18(24)23-11-3-4-12-23/h7-10,14,17H,3-6,11-13H2,1-2H3,(H2,20,21,25). The van der Waals surface area contributed by atoms with Gasteiger partial charge in [-0.05, 0) is 70.0 Å². The maximum absolute atomic E-state index is 12.3. The third-order valence-corrected chi connectivity index (χ3v) is 5.08. The molecule has 1 aromatic carbocycles. The van der Waals surface area contributed by atoms with E-state index in [-0.39, 0.29) is 11.9 Å². The first-order valence-corrected chi connectivity index (χ1v) is 9.15. The fourth-order valence-electron chi connectivity index (χ4n) is 3.42. The Kier molecular flexibility index (Phi) is 5.58. The summed E-state index contributed by atoms with van der Waals surface area (Å²) < 4.78 is 0. The third kappa shape index (κ3) is 4.72. The largest absolute Gasteiger partial charge is 0.339 e. The van der Waals surface area contributed by atoms with Crippen molar-refractivity contribution in [1.82, 2.24) is 15.1 Å². The van der Waals surface area contributed by atoms with Crippen LogP contribution in [0.3, 0.4) is 0 Å². The summed E-state index contributed by atoms with van der Waals surface area (Å²) in [6.45, 7) is 2.33. The third-order valence-electron chi connectivity index (χ3n) is 5.08. The van der Waals surface area contributed by atoms with Gasteiger partial charge in [0, 0.05) is 36.9 Å². The lowest BCUT2D eigenvalue weighted by Crippen LogP contribution is -2.43. The molecule has 6 heteroatoms. The lowest BCUT2D eigenvalue weighted by atomic mass is 10.1. The van der Waals surface area contributed by atoms with E-state index in [0.29, 0.717) is 29.8 Å². The Balaban J connectivity index is 1.48. The van der Waals surface area contributed by atoms with Gasteiger partial charge < -0.3 is 20.4 Å². The quantitative estimate of drug-likeness (QED) is 0.833. The van der Waals surface area contributed by atoms with Crippen LogP contribution in [0.1, 0.15) is 36.0 Å². The predicted molar refractivity (Wildman–Crippen MR) is 98.8 cm³/mol. The minimum atomic E-state index is -0.203. The maximum Gasteiger partial charge on any atom is 0.319 e. The Morgan fingerprint density at radius 1 is 1.16 bits per heavy atom. The minimum absolute atomic E-state index is 0.0757. The van der Waals surface area contributed by atoms with Crippen LogP contribution in [0.4, 0.5) is 10.5 Å². The van der Waals surface area contributed by atoms with Crippen LogP contribution in [-0.4, -0.2) is 61.5 Å². The van der Waals surface area contributed by atoms with Crippen LogP contribution in [0.25, 0.3) is 0 Å². The molecule has 3 rings (SSSR count). The topological polar surface area (TPSA) is 64.7 Å². The molecule has 0 radical (unpaired) electrons. The van der Waals surface area contributed by atoms with Gasteiger partial charge in [-0.1, -0.05) is 0 Å². The Bertz CT molecular complexity index is 602. The van der Waals surface area contributed by atoms with Crippen LogP contribution in [0.2, 0.25) is 0 Å². The van der Waals surface area contributed by atoms with Crippen molar-refractivity contribution in [3.8, 4) is 0 Å². The van der Waals surface area contributed by atoms with Crippen LogP contribution in [0, 0.1) is 5.92 Å².